The Balaban J connectivity index is 2.12. The second-order valence-corrected chi connectivity index (χ2v) is 17.8. The summed E-state index contributed by atoms with van der Waals surface area (Å²) < 4.78 is 44.0. The molecule has 0 amide bonds. The van der Waals surface area contributed by atoms with Crippen LogP contribution in [-0.4, -0.2) is 143 Å². The van der Waals surface area contributed by atoms with Crippen molar-refractivity contribution in [2.45, 2.75) is 193 Å². The Labute approximate surface area is 325 Å². The van der Waals surface area contributed by atoms with Gasteiger partial charge in [0.25, 0.3) is 0 Å². The zero-order chi connectivity index (χ0) is 40.9. The number of aliphatic hydroxyl groups excluding tert-OH is 2. The highest BCUT2D eigenvalue weighted by Gasteiger charge is 2.52. The molecule has 3 fully saturated rings. The molecule has 0 aromatic carbocycles. The van der Waals surface area contributed by atoms with Gasteiger partial charge in [-0.1, -0.05) is 34.6 Å². The van der Waals surface area contributed by atoms with Gasteiger partial charge in [-0.2, -0.15) is 0 Å². The first-order chi connectivity index (χ1) is 25.0. The minimum atomic E-state index is -1.74. The Morgan fingerprint density at radius 2 is 1.57 bits per heavy atom. The molecule has 0 spiro atoms. The quantitative estimate of drug-likeness (QED) is 0.174. The van der Waals surface area contributed by atoms with Crippen LogP contribution >= 0.6 is 0 Å². The number of carbonyl (C=O) groups is 1. The van der Waals surface area contributed by atoms with Gasteiger partial charge in [-0.05, 0) is 93.0 Å². The van der Waals surface area contributed by atoms with Gasteiger partial charge in [0, 0.05) is 44.6 Å². The topological polar surface area (TPSA) is 166 Å². The van der Waals surface area contributed by atoms with Gasteiger partial charge >= 0.3 is 5.97 Å². The SMILES string of the molecule is CCOCCN(C)[C@H]1C[C@@H](C)O[C@@H](O[C@@H]2[C@@H](C)[C@H](O[C@H]3C[C@@](C)(OC)[C@@H](C)[C@H](C)O3)[C@@H](C)C(=O)O[C@H](CC)[C@@](C)(O)[C@H](O)[C@@H](C)C[C@H](C)C[C@]2(C)O)[C@@H]1O. The molecule has 0 unspecified atom stereocenters. The van der Waals surface area contributed by atoms with Crippen LogP contribution in [0, 0.1) is 29.6 Å². The normalized spacial score (nSPS) is 47.6. The maximum Gasteiger partial charge on any atom is 0.311 e. The minimum Gasteiger partial charge on any atom is -0.459 e. The Morgan fingerprint density at radius 1 is 0.926 bits per heavy atom. The molecule has 3 heterocycles. The third-order valence-electron chi connectivity index (χ3n) is 13.1. The Kier molecular flexibility index (Phi) is 17.3. The van der Waals surface area contributed by atoms with Gasteiger partial charge < -0.3 is 53.6 Å². The summed E-state index contributed by atoms with van der Waals surface area (Å²) in [6, 6.07) is -0.301. The fourth-order valence-corrected chi connectivity index (χ4v) is 9.32. The summed E-state index contributed by atoms with van der Waals surface area (Å²) in [7, 11) is 3.61. The number of methoxy groups -OCH3 is 1. The fraction of sp³-hybridized carbons (Fsp3) is 0.976. The van der Waals surface area contributed by atoms with Crippen molar-refractivity contribution in [3.05, 3.63) is 0 Å². The van der Waals surface area contributed by atoms with Crippen LogP contribution in [0.2, 0.25) is 0 Å². The number of likely N-dealkylation sites (N-methyl/N-ethyl adjacent to an activating group) is 1. The number of esters is 1. The summed E-state index contributed by atoms with van der Waals surface area (Å²) in [5.74, 6) is -2.74. The highest BCUT2D eigenvalue weighted by atomic mass is 16.7. The summed E-state index contributed by atoms with van der Waals surface area (Å²) >= 11 is 0. The van der Waals surface area contributed by atoms with E-state index in [9.17, 15) is 25.2 Å². The van der Waals surface area contributed by atoms with E-state index in [4.69, 9.17) is 33.2 Å². The third kappa shape index (κ3) is 11.2. The highest BCUT2D eigenvalue weighted by Crippen LogP contribution is 2.42. The first-order valence-corrected chi connectivity index (χ1v) is 20.5. The molecule has 0 radical (unpaired) electrons. The van der Waals surface area contributed by atoms with Gasteiger partial charge in [-0.3, -0.25) is 9.69 Å². The van der Waals surface area contributed by atoms with Crippen LogP contribution in [0.3, 0.4) is 0 Å². The van der Waals surface area contributed by atoms with Crippen molar-refractivity contribution in [3.63, 3.8) is 0 Å². The summed E-state index contributed by atoms with van der Waals surface area (Å²) in [4.78, 5) is 16.3. The van der Waals surface area contributed by atoms with Crippen molar-refractivity contribution >= 4 is 5.97 Å². The zero-order valence-corrected chi connectivity index (χ0v) is 35.8. The fourth-order valence-electron chi connectivity index (χ4n) is 9.32. The summed E-state index contributed by atoms with van der Waals surface area (Å²) in [6.45, 7) is 24.1. The molecule has 18 atom stereocenters. The average molecular weight is 776 g/mol. The van der Waals surface area contributed by atoms with Gasteiger partial charge in [0.15, 0.2) is 12.6 Å². The van der Waals surface area contributed by atoms with Crippen molar-refractivity contribution in [2.24, 2.45) is 29.6 Å². The van der Waals surface area contributed by atoms with Gasteiger partial charge in [0.2, 0.25) is 0 Å². The molecule has 0 aromatic heterocycles. The number of aliphatic hydroxyl groups is 4. The summed E-state index contributed by atoms with van der Waals surface area (Å²) in [5.41, 5.74) is -3.85. The van der Waals surface area contributed by atoms with Crippen molar-refractivity contribution in [2.75, 3.05) is 33.9 Å². The lowest BCUT2D eigenvalue weighted by Gasteiger charge is -2.49. The molecular formula is C41H77NO12. The van der Waals surface area contributed by atoms with Crippen LogP contribution in [-0.2, 0) is 38.0 Å². The van der Waals surface area contributed by atoms with Crippen LogP contribution in [0.5, 0.6) is 0 Å². The third-order valence-corrected chi connectivity index (χ3v) is 13.1. The van der Waals surface area contributed by atoms with E-state index in [0.717, 1.165) is 0 Å². The van der Waals surface area contributed by atoms with Gasteiger partial charge in [-0.25, -0.2) is 0 Å². The van der Waals surface area contributed by atoms with Crippen LogP contribution in [0.4, 0.5) is 0 Å². The van der Waals surface area contributed by atoms with E-state index < -0.39 is 83.6 Å². The van der Waals surface area contributed by atoms with Gasteiger partial charge in [-0.15, -0.1) is 0 Å². The molecule has 3 rings (SSSR count). The molecule has 0 aromatic rings. The molecular weight excluding hydrogens is 698 g/mol. The summed E-state index contributed by atoms with van der Waals surface area (Å²) in [5, 5.41) is 47.5. The number of hydrogen-bond acceptors (Lipinski definition) is 13. The molecule has 318 valence electrons. The van der Waals surface area contributed by atoms with E-state index in [0.29, 0.717) is 39.0 Å². The van der Waals surface area contributed by atoms with Crippen molar-refractivity contribution < 1.29 is 58.4 Å². The largest absolute Gasteiger partial charge is 0.459 e. The van der Waals surface area contributed by atoms with Crippen LogP contribution < -0.4 is 0 Å². The molecule has 0 bridgehead atoms. The molecule has 3 saturated heterocycles. The first-order valence-electron chi connectivity index (χ1n) is 20.5. The smallest absolute Gasteiger partial charge is 0.311 e. The minimum absolute atomic E-state index is 0.0531. The van der Waals surface area contributed by atoms with E-state index >= 15 is 0 Å². The molecule has 3 aliphatic rings. The number of rotatable bonds is 11. The lowest BCUT2D eigenvalue weighted by Crippen LogP contribution is -2.60. The number of carbonyl (C=O) groups excluding carboxylic acids is 1. The Bertz CT molecular complexity index is 1160. The maximum absolute atomic E-state index is 14.2. The summed E-state index contributed by atoms with van der Waals surface area (Å²) in [6.07, 6.45) is -5.66. The second-order valence-electron chi connectivity index (χ2n) is 17.8. The Hall–Kier alpha value is -0.970. The van der Waals surface area contributed by atoms with E-state index in [1.54, 1.807) is 27.9 Å². The van der Waals surface area contributed by atoms with Crippen molar-refractivity contribution in [1.29, 1.82) is 0 Å². The highest BCUT2D eigenvalue weighted by molar-refractivity contribution is 5.73. The average Bonchev–Trinajstić information content (AvgIpc) is 3.09. The number of nitrogens with zero attached hydrogens (tertiary/aromatic N) is 1. The standard InChI is InChI=1S/C41H77NO12/c1-15-31-41(12,47)35(44)24(4)19-23(3)21-39(10,46)36(54-38-33(43)30(20-25(5)50-38)42(13)17-18-49-16-2)26(6)34(27(7)37(45)52-31)53-32-22-40(11,48-14)28(8)29(9)51-32/h23-36,38,43-44,46-47H,15-22H2,1-14H3/t23-,24-,25+,26-,27+,28-,29-,30-,31+,32-,33+,34-,35+,36+,38-,39-,40+,41+/m0/s1. The molecule has 13 heteroatoms. The number of hydrogen-bond donors (Lipinski definition) is 4. The van der Waals surface area contributed by atoms with Crippen molar-refractivity contribution in [3.8, 4) is 0 Å². The Morgan fingerprint density at radius 3 is 2.17 bits per heavy atom. The first kappa shape index (κ1) is 47.4. The van der Waals surface area contributed by atoms with E-state index in [1.807, 2.05) is 55.5 Å². The van der Waals surface area contributed by atoms with Gasteiger partial charge in [0.1, 0.15) is 17.8 Å². The molecule has 3 aliphatic heterocycles. The molecule has 0 saturated carbocycles. The predicted molar refractivity (Wildman–Crippen MR) is 204 cm³/mol. The molecule has 13 nitrogen and oxygen atoms in total. The number of ether oxygens (including phenoxy) is 7. The number of cyclic esters (lactones) is 1. The maximum atomic E-state index is 14.2. The van der Waals surface area contributed by atoms with Crippen LogP contribution in [0.15, 0.2) is 0 Å². The monoisotopic (exact) mass is 776 g/mol. The van der Waals surface area contributed by atoms with Crippen LogP contribution in [0.1, 0.15) is 115 Å². The lowest BCUT2D eigenvalue weighted by atomic mass is 9.74. The van der Waals surface area contributed by atoms with Crippen LogP contribution in [0.25, 0.3) is 0 Å². The lowest BCUT2D eigenvalue weighted by molar-refractivity contribution is -0.314. The van der Waals surface area contributed by atoms with E-state index in [1.165, 1.54) is 6.92 Å². The van der Waals surface area contributed by atoms with Gasteiger partial charge in [0.05, 0.1) is 54.2 Å². The predicted octanol–water partition coefficient (Wildman–Crippen LogP) is 4.29. The molecule has 4 N–H and O–H groups in total. The second kappa shape index (κ2) is 19.7. The van der Waals surface area contributed by atoms with E-state index in [2.05, 4.69) is 11.8 Å². The van der Waals surface area contributed by atoms with Crippen molar-refractivity contribution in [1.82, 2.24) is 4.90 Å². The zero-order valence-electron chi connectivity index (χ0n) is 35.8. The molecule has 0 aliphatic carbocycles. The van der Waals surface area contributed by atoms with E-state index in [-0.39, 0.29) is 42.9 Å². The molecule has 54 heavy (non-hydrogen) atoms.